The molecular weight excluding hydrogens is 500 g/mol. The maximum absolute atomic E-state index is 12.1. The van der Waals surface area contributed by atoms with Crippen molar-refractivity contribution >= 4 is 39.4 Å². The molecule has 1 N–H and O–H groups in total. The molecule has 0 aliphatic rings. The highest BCUT2D eigenvalue weighted by Crippen LogP contribution is 2.38. The van der Waals surface area contributed by atoms with Gasteiger partial charge in [0.15, 0.2) is 11.5 Å². The lowest BCUT2D eigenvalue weighted by Crippen LogP contribution is -2.17. The molecule has 3 aromatic rings. The molecule has 0 saturated heterocycles. The number of benzene rings is 3. The summed E-state index contributed by atoms with van der Waals surface area (Å²) < 4.78 is 11.6. The average Bonchev–Trinajstić information content (AvgIpc) is 2.79. The molecule has 0 aliphatic carbocycles. The molecule has 0 fully saturated rings. The van der Waals surface area contributed by atoms with Crippen molar-refractivity contribution < 1.29 is 24.1 Å². The van der Waals surface area contributed by atoms with Crippen LogP contribution in [0.5, 0.6) is 17.2 Å². The number of ether oxygens (including phenoxy) is 2. The zero-order valence-electron chi connectivity index (χ0n) is 16.9. The van der Waals surface area contributed by atoms with Crippen molar-refractivity contribution in [2.75, 3.05) is 7.11 Å². The molecule has 3 aromatic carbocycles. The van der Waals surface area contributed by atoms with Gasteiger partial charge in [-0.2, -0.15) is 5.10 Å². The van der Waals surface area contributed by atoms with E-state index in [-0.39, 0.29) is 17.2 Å². The maximum Gasteiger partial charge on any atom is 0.318 e. The fourth-order valence-corrected chi connectivity index (χ4v) is 3.07. The Balaban J connectivity index is 1.77. The first-order chi connectivity index (χ1) is 15.8. The number of hydrogen-bond donors (Lipinski definition) is 1. The summed E-state index contributed by atoms with van der Waals surface area (Å²) in [5, 5.41) is 26.1. The second-order valence-electron chi connectivity index (χ2n) is 6.39. The van der Waals surface area contributed by atoms with Gasteiger partial charge in [0.05, 0.1) is 29.2 Å². The van der Waals surface area contributed by atoms with Gasteiger partial charge in [-0.25, -0.2) is 5.43 Å². The lowest BCUT2D eigenvalue weighted by molar-refractivity contribution is -0.394. The molecule has 0 radical (unpaired) electrons. The van der Waals surface area contributed by atoms with Crippen molar-refractivity contribution in [3.63, 3.8) is 0 Å². The molecule has 0 aliphatic heterocycles. The van der Waals surface area contributed by atoms with Crippen molar-refractivity contribution in [2.24, 2.45) is 5.10 Å². The third-order valence-corrected chi connectivity index (χ3v) is 4.72. The first kappa shape index (κ1) is 23.3. The summed E-state index contributed by atoms with van der Waals surface area (Å²) in [6.07, 6.45) is 1.39. The smallest absolute Gasteiger partial charge is 0.318 e. The molecule has 0 spiro atoms. The average molecular weight is 515 g/mol. The largest absolute Gasteiger partial charge is 0.493 e. The third-order valence-electron chi connectivity index (χ3n) is 4.22. The summed E-state index contributed by atoms with van der Waals surface area (Å²) in [6, 6.07) is 14.5. The Labute approximate surface area is 195 Å². The number of methoxy groups -OCH3 is 1. The molecule has 0 bridgehead atoms. The van der Waals surface area contributed by atoms with E-state index in [0.29, 0.717) is 11.1 Å². The highest BCUT2D eigenvalue weighted by atomic mass is 79.9. The second-order valence-corrected chi connectivity index (χ2v) is 7.30. The molecule has 0 atom stereocenters. The highest BCUT2D eigenvalue weighted by Gasteiger charge is 2.22. The van der Waals surface area contributed by atoms with Crippen LogP contribution < -0.4 is 14.9 Å². The number of non-ortho nitro benzene ring substituents is 1. The van der Waals surface area contributed by atoms with Crippen molar-refractivity contribution in [2.45, 2.75) is 0 Å². The molecule has 0 heterocycles. The van der Waals surface area contributed by atoms with Crippen molar-refractivity contribution in [1.82, 2.24) is 5.43 Å². The van der Waals surface area contributed by atoms with Gasteiger partial charge >= 0.3 is 5.69 Å². The van der Waals surface area contributed by atoms with Crippen LogP contribution in [-0.4, -0.2) is 29.1 Å². The molecule has 168 valence electrons. The van der Waals surface area contributed by atoms with E-state index in [1.807, 2.05) is 0 Å². The monoisotopic (exact) mass is 514 g/mol. The lowest BCUT2D eigenvalue weighted by Gasteiger charge is -2.11. The molecule has 0 unspecified atom stereocenters. The lowest BCUT2D eigenvalue weighted by atomic mass is 10.2. The van der Waals surface area contributed by atoms with Crippen LogP contribution >= 0.6 is 15.9 Å². The molecule has 3 rings (SSSR count). The van der Waals surface area contributed by atoms with Gasteiger partial charge in [-0.15, -0.1) is 0 Å². The van der Waals surface area contributed by atoms with Crippen LogP contribution in [0.25, 0.3) is 0 Å². The SMILES string of the molecule is COc1cc(/C=N/NC(=O)c2cccc(Br)c2)ccc1Oc1ccc([N+](=O)[O-])cc1[N+](=O)[O-]. The number of nitro groups is 2. The standard InChI is InChI=1S/C21H15BrN4O7/c1-32-20-9-13(12-23-24-21(27)14-3-2-4-15(22)10-14)5-7-19(20)33-18-8-6-16(25(28)29)11-17(18)26(30)31/h2-12H,1H3,(H,24,27)/b23-12+. The molecule has 0 aromatic heterocycles. The number of carbonyl (C=O) groups is 1. The van der Waals surface area contributed by atoms with Gasteiger partial charge in [-0.05, 0) is 48.0 Å². The van der Waals surface area contributed by atoms with Crippen LogP contribution in [0.15, 0.2) is 70.2 Å². The predicted molar refractivity (Wildman–Crippen MR) is 122 cm³/mol. The minimum absolute atomic E-state index is 0.143. The minimum Gasteiger partial charge on any atom is -0.493 e. The summed E-state index contributed by atoms with van der Waals surface area (Å²) in [4.78, 5) is 32.8. The Morgan fingerprint density at radius 3 is 2.42 bits per heavy atom. The number of rotatable bonds is 8. The van der Waals surface area contributed by atoms with E-state index in [9.17, 15) is 25.0 Å². The zero-order chi connectivity index (χ0) is 24.0. The molecule has 11 nitrogen and oxygen atoms in total. The number of nitrogens with zero attached hydrogens (tertiary/aromatic N) is 3. The summed E-state index contributed by atoms with van der Waals surface area (Å²) in [5.41, 5.74) is 2.38. The van der Waals surface area contributed by atoms with Gasteiger partial charge in [0.25, 0.3) is 11.6 Å². The zero-order valence-corrected chi connectivity index (χ0v) is 18.5. The number of nitro benzene ring substituents is 2. The third kappa shape index (κ3) is 5.89. The van der Waals surface area contributed by atoms with Crippen LogP contribution in [0.2, 0.25) is 0 Å². The van der Waals surface area contributed by atoms with Gasteiger partial charge in [-0.1, -0.05) is 22.0 Å². The van der Waals surface area contributed by atoms with Gasteiger partial charge < -0.3 is 9.47 Å². The topological polar surface area (TPSA) is 146 Å². The molecule has 0 saturated carbocycles. The summed E-state index contributed by atoms with van der Waals surface area (Å²) in [7, 11) is 1.38. The van der Waals surface area contributed by atoms with Gasteiger partial charge in [0.1, 0.15) is 0 Å². The van der Waals surface area contributed by atoms with E-state index in [0.717, 1.165) is 22.7 Å². The second kappa shape index (κ2) is 10.3. The molecule has 12 heteroatoms. The van der Waals surface area contributed by atoms with Crippen LogP contribution in [0.1, 0.15) is 15.9 Å². The Morgan fingerprint density at radius 2 is 1.76 bits per heavy atom. The summed E-state index contributed by atoms with van der Waals surface area (Å²) >= 11 is 3.29. The van der Waals surface area contributed by atoms with Crippen molar-refractivity contribution in [1.29, 1.82) is 0 Å². The maximum atomic E-state index is 12.1. The number of hydrazone groups is 1. The quantitative estimate of drug-likeness (QED) is 0.257. The Bertz CT molecular complexity index is 1260. The van der Waals surface area contributed by atoms with E-state index < -0.39 is 27.1 Å². The highest BCUT2D eigenvalue weighted by molar-refractivity contribution is 9.10. The van der Waals surface area contributed by atoms with Crippen LogP contribution in [-0.2, 0) is 0 Å². The van der Waals surface area contributed by atoms with Crippen molar-refractivity contribution in [3.05, 3.63) is 96.5 Å². The van der Waals surface area contributed by atoms with Crippen molar-refractivity contribution in [3.8, 4) is 17.2 Å². The Morgan fingerprint density at radius 1 is 1.00 bits per heavy atom. The van der Waals surface area contributed by atoms with Gasteiger partial charge in [0, 0.05) is 16.1 Å². The first-order valence-corrected chi connectivity index (χ1v) is 9.95. The number of amides is 1. The number of nitrogens with one attached hydrogen (secondary N) is 1. The first-order valence-electron chi connectivity index (χ1n) is 9.16. The number of halogens is 1. The van der Waals surface area contributed by atoms with Crippen LogP contribution in [0.4, 0.5) is 11.4 Å². The van der Waals surface area contributed by atoms with E-state index in [4.69, 9.17) is 9.47 Å². The van der Waals surface area contributed by atoms with E-state index in [1.54, 1.807) is 36.4 Å². The fraction of sp³-hybridized carbons (Fsp3) is 0.0476. The van der Waals surface area contributed by atoms with Gasteiger partial charge in [0.2, 0.25) is 5.75 Å². The normalized spacial score (nSPS) is 10.6. The van der Waals surface area contributed by atoms with Crippen LogP contribution in [0, 0.1) is 20.2 Å². The molecule has 33 heavy (non-hydrogen) atoms. The predicted octanol–water partition coefficient (Wildman–Crippen LogP) is 4.83. The number of carbonyl (C=O) groups excluding carboxylic acids is 1. The van der Waals surface area contributed by atoms with E-state index >= 15 is 0 Å². The summed E-state index contributed by atoms with van der Waals surface area (Å²) in [5.74, 6) is -0.216. The van der Waals surface area contributed by atoms with E-state index in [2.05, 4.69) is 26.5 Å². The Kier molecular flexibility index (Phi) is 7.31. The fourth-order valence-electron chi connectivity index (χ4n) is 2.68. The van der Waals surface area contributed by atoms with Gasteiger partial charge in [-0.3, -0.25) is 25.0 Å². The van der Waals surface area contributed by atoms with Crippen LogP contribution in [0.3, 0.4) is 0 Å². The Hall–Kier alpha value is -4.32. The number of hydrogen-bond acceptors (Lipinski definition) is 8. The molecular formula is C21H15BrN4O7. The summed E-state index contributed by atoms with van der Waals surface area (Å²) in [6.45, 7) is 0. The minimum atomic E-state index is -0.774. The van der Waals surface area contributed by atoms with E-state index in [1.165, 1.54) is 19.4 Å². The molecule has 1 amide bonds.